The number of ether oxygens (including phenoxy) is 1. The van der Waals surface area contributed by atoms with Crippen molar-refractivity contribution in [1.82, 2.24) is 9.97 Å². The molecule has 1 aromatic carbocycles. The van der Waals surface area contributed by atoms with Gasteiger partial charge in [-0.05, 0) is 24.6 Å². The Balaban J connectivity index is 2.40. The zero-order valence-corrected chi connectivity index (χ0v) is 10.5. The van der Waals surface area contributed by atoms with Gasteiger partial charge in [0.05, 0.1) is 12.2 Å². The van der Waals surface area contributed by atoms with E-state index in [1.165, 1.54) is 6.20 Å². The fourth-order valence-electron chi connectivity index (χ4n) is 1.66. The molecule has 0 atom stereocenters. The molecule has 0 radical (unpaired) electrons. The molecular weight excluding hydrogens is 244 g/mol. The number of rotatable bonds is 3. The highest BCUT2D eigenvalue weighted by atomic mass is 16.5. The third kappa shape index (κ3) is 2.79. The number of aromatic nitrogens is 2. The number of nitrogens with zero attached hydrogens (tertiary/aromatic N) is 2. The van der Waals surface area contributed by atoms with Crippen molar-refractivity contribution >= 4 is 17.7 Å². The smallest absolute Gasteiger partial charge is 0.338 e. The molecule has 0 saturated heterocycles. The van der Waals surface area contributed by atoms with Crippen molar-refractivity contribution in [2.24, 2.45) is 0 Å². The number of carbonyl (C=O) groups excluding carboxylic acids is 1. The molecule has 0 unspecified atom stereocenters. The lowest BCUT2D eigenvalue weighted by Crippen LogP contribution is -2.05. The standard InChI is InChI=1S/C13H14N4O2/c1-2-19-12(18)9-5-3-4-8(6-9)10-7-16-13(15)17-11(10)14/h3-7H,2H2,1H3,(H4,14,15,16,17). The summed E-state index contributed by atoms with van der Waals surface area (Å²) in [5, 5.41) is 0. The van der Waals surface area contributed by atoms with Crippen LogP contribution in [0.1, 0.15) is 17.3 Å². The van der Waals surface area contributed by atoms with Gasteiger partial charge in [-0.2, -0.15) is 4.98 Å². The van der Waals surface area contributed by atoms with Crippen molar-refractivity contribution in [2.75, 3.05) is 18.1 Å². The molecule has 2 rings (SSSR count). The third-order valence-corrected chi connectivity index (χ3v) is 2.52. The van der Waals surface area contributed by atoms with Crippen LogP contribution in [0.4, 0.5) is 11.8 Å². The maximum atomic E-state index is 11.7. The van der Waals surface area contributed by atoms with E-state index in [0.29, 0.717) is 17.7 Å². The van der Waals surface area contributed by atoms with E-state index in [2.05, 4.69) is 9.97 Å². The Morgan fingerprint density at radius 3 is 2.84 bits per heavy atom. The SMILES string of the molecule is CCOC(=O)c1cccc(-c2cnc(N)nc2N)c1. The lowest BCUT2D eigenvalue weighted by Gasteiger charge is -2.07. The number of hydrogen-bond donors (Lipinski definition) is 2. The van der Waals surface area contributed by atoms with Gasteiger partial charge in [-0.15, -0.1) is 0 Å². The Morgan fingerprint density at radius 2 is 2.16 bits per heavy atom. The van der Waals surface area contributed by atoms with Gasteiger partial charge >= 0.3 is 5.97 Å². The van der Waals surface area contributed by atoms with Gasteiger partial charge in [-0.25, -0.2) is 9.78 Å². The average molecular weight is 258 g/mol. The summed E-state index contributed by atoms with van der Waals surface area (Å²) >= 11 is 0. The monoisotopic (exact) mass is 258 g/mol. The van der Waals surface area contributed by atoms with Crippen LogP contribution in [0.5, 0.6) is 0 Å². The number of nitrogens with two attached hydrogens (primary N) is 2. The lowest BCUT2D eigenvalue weighted by molar-refractivity contribution is 0.0526. The summed E-state index contributed by atoms with van der Waals surface area (Å²) in [5.41, 5.74) is 13.1. The Labute approximate surface area is 110 Å². The zero-order chi connectivity index (χ0) is 13.8. The van der Waals surface area contributed by atoms with Gasteiger partial charge in [0, 0.05) is 11.8 Å². The molecule has 0 bridgehead atoms. The van der Waals surface area contributed by atoms with Gasteiger partial charge < -0.3 is 16.2 Å². The fraction of sp³-hybridized carbons (Fsp3) is 0.154. The first-order valence-corrected chi connectivity index (χ1v) is 5.77. The van der Waals surface area contributed by atoms with Gasteiger partial charge in [0.2, 0.25) is 5.95 Å². The summed E-state index contributed by atoms with van der Waals surface area (Å²) < 4.78 is 4.95. The Hall–Kier alpha value is -2.63. The lowest BCUT2D eigenvalue weighted by atomic mass is 10.1. The quantitative estimate of drug-likeness (QED) is 0.808. The highest BCUT2D eigenvalue weighted by Gasteiger charge is 2.10. The van der Waals surface area contributed by atoms with E-state index in [4.69, 9.17) is 16.2 Å². The van der Waals surface area contributed by atoms with E-state index in [1.54, 1.807) is 25.1 Å². The van der Waals surface area contributed by atoms with Crippen LogP contribution in [0.25, 0.3) is 11.1 Å². The van der Waals surface area contributed by atoms with Crippen molar-refractivity contribution < 1.29 is 9.53 Å². The third-order valence-electron chi connectivity index (χ3n) is 2.52. The van der Waals surface area contributed by atoms with Crippen LogP contribution in [0.3, 0.4) is 0 Å². The number of esters is 1. The summed E-state index contributed by atoms with van der Waals surface area (Å²) in [6.45, 7) is 2.09. The largest absolute Gasteiger partial charge is 0.462 e. The zero-order valence-electron chi connectivity index (χ0n) is 10.5. The van der Waals surface area contributed by atoms with Crippen LogP contribution in [0, 0.1) is 0 Å². The van der Waals surface area contributed by atoms with Gasteiger partial charge in [-0.3, -0.25) is 0 Å². The molecule has 98 valence electrons. The first-order chi connectivity index (χ1) is 9.11. The minimum absolute atomic E-state index is 0.114. The molecule has 6 nitrogen and oxygen atoms in total. The maximum Gasteiger partial charge on any atom is 0.338 e. The summed E-state index contributed by atoms with van der Waals surface area (Å²) in [4.78, 5) is 19.4. The molecule has 1 aromatic heterocycles. The normalized spacial score (nSPS) is 10.2. The minimum Gasteiger partial charge on any atom is -0.462 e. The molecule has 0 saturated carbocycles. The number of benzene rings is 1. The Kier molecular flexibility index (Phi) is 3.61. The second kappa shape index (κ2) is 5.34. The van der Waals surface area contributed by atoms with Crippen molar-refractivity contribution in [3.8, 4) is 11.1 Å². The van der Waals surface area contributed by atoms with E-state index in [-0.39, 0.29) is 17.7 Å². The van der Waals surface area contributed by atoms with E-state index in [9.17, 15) is 4.79 Å². The van der Waals surface area contributed by atoms with Crippen LogP contribution in [-0.2, 0) is 4.74 Å². The van der Waals surface area contributed by atoms with Crippen molar-refractivity contribution in [3.05, 3.63) is 36.0 Å². The number of anilines is 2. The highest BCUT2D eigenvalue weighted by molar-refractivity contribution is 5.91. The topological polar surface area (TPSA) is 104 Å². The minimum atomic E-state index is -0.376. The molecule has 1 heterocycles. The van der Waals surface area contributed by atoms with E-state index < -0.39 is 0 Å². The summed E-state index contributed by atoms with van der Waals surface area (Å²) in [6, 6.07) is 6.92. The fourth-order valence-corrected chi connectivity index (χ4v) is 1.66. The average Bonchev–Trinajstić information content (AvgIpc) is 2.39. The number of carbonyl (C=O) groups is 1. The second-order valence-electron chi connectivity index (χ2n) is 3.83. The summed E-state index contributed by atoms with van der Waals surface area (Å²) in [6.07, 6.45) is 1.53. The molecule has 0 aliphatic rings. The van der Waals surface area contributed by atoms with Crippen molar-refractivity contribution in [3.63, 3.8) is 0 Å². The molecule has 4 N–H and O–H groups in total. The van der Waals surface area contributed by atoms with Gasteiger partial charge in [0.15, 0.2) is 0 Å². The van der Waals surface area contributed by atoms with Crippen LogP contribution < -0.4 is 11.5 Å². The van der Waals surface area contributed by atoms with Crippen LogP contribution in [0.15, 0.2) is 30.5 Å². The Bertz CT molecular complexity index is 613. The first-order valence-electron chi connectivity index (χ1n) is 5.77. The van der Waals surface area contributed by atoms with Crippen molar-refractivity contribution in [1.29, 1.82) is 0 Å². The van der Waals surface area contributed by atoms with Crippen LogP contribution in [-0.4, -0.2) is 22.5 Å². The van der Waals surface area contributed by atoms with E-state index >= 15 is 0 Å². The van der Waals surface area contributed by atoms with E-state index in [0.717, 1.165) is 5.56 Å². The molecular formula is C13H14N4O2. The predicted octanol–water partition coefficient (Wildman–Crippen LogP) is 1.48. The van der Waals surface area contributed by atoms with E-state index in [1.807, 2.05) is 6.07 Å². The molecule has 0 spiro atoms. The van der Waals surface area contributed by atoms with Crippen LogP contribution in [0.2, 0.25) is 0 Å². The molecule has 6 heteroatoms. The summed E-state index contributed by atoms with van der Waals surface area (Å²) in [5.74, 6) is 0.00981. The maximum absolute atomic E-state index is 11.7. The molecule has 0 amide bonds. The molecule has 2 aromatic rings. The van der Waals surface area contributed by atoms with Gasteiger partial charge in [0.25, 0.3) is 0 Å². The molecule has 0 aliphatic heterocycles. The van der Waals surface area contributed by atoms with Gasteiger partial charge in [0.1, 0.15) is 5.82 Å². The molecule has 19 heavy (non-hydrogen) atoms. The van der Waals surface area contributed by atoms with Crippen molar-refractivity contribution in [2.45, 2.75) is 6.92 Å². The second-order valence-corrected chi connectivity index (χ2v) is 3.83. The van der Waals surface area contributed by atoms with Gasteiger partial charge in [-0.1, -0.05) is 12.1 Å². The molecule has 0 aliphatic carbocycles. The highest BCUT2D eigenvalue weighted by Crippen LogP contribution is 2.24. The molecule has 0 fully saturated rings. The number of nitrogen functional groups attached to an aromatic ring is 2. The predicted molar refractivity (Wildman–Crippen MR) is 72.2 cm³/mol. The first kappa shape index (κ1) is 12.8. The summed E-state index contributed by atoms with van der Waals surface area (Å²) in [7, 11) is 0. The van der Waals surface area contributed by atoms with Crippen LogP contribution >= 0.6 is 0 Å². The Morgan fingerprint density at radius 1 is 1.37 bits per heavy atom. The number of hydrogen-bond acceptors (Lipinski definition) is 6.